The number of nitrogens with zero attached hydrogens (tertiary/aromatic N) is 1. The van der Waals surface area contributed by atoms with Crippen LogP contribution in [0.3, 0.4) is 0 Å². The Kier molecular flexibility index (Phi) is 3.95. The summed E-state index contributed by atoms with van der Waals surface area (Å²) in [7, 11) is -3.04. The topological polar surface area (TPSA) is 67.7 Å². The van der Waals surface area contributed by atoms with E-state index in [0.29, 0.717) is 18.4 Å². The SMILES string of the molecule is CS(=O)(=O)[C@@H]1CCC[C@@H](NC(=O)c2cc3ccccn3c2)C1. The maximum absolute atomic E-state index is 12.4. The fourth-order valence-corrected chi connectivity index (χ4v) is 4.29. The molecule has 0 radical (unpaired) electrons. The molecule has 2 aromatic rings. The normalized spacial score (nSPS) is 22.6. The fourth-order valence-electron chi connectivity index (χ4n) is 3.11. The van der Waals surface area contributed by atoms with Gasteiger partial charge in [-0.1, -0.05) is 12.5 Å². The van der Waals surface area contributed by atoms with Crippen LogP contribution in [-0.2, 0) is 9.84 Å². The highest BCUT2D eigenvalue weighted by Crippen LogP contribution is 2.24. The van der Waals surface area contributed by atoms with Crippen molar-refractivity contribution in [2.45, 2.75) is 37.0 Å². The summed E-state index contributed by atoms with van der Waals surface area (Å²) in [5.74, 6) is -0.136. The van der Waals surface area contributed by atoms with Crippen molar-refractivity contribution in [3.05, 3.63) is 42.2 Å². The summed E-state index contributed by atoms with van der Waals surface area (Å²) in [6.07, 6.45) is 7.85. The Morgan fingerprint density at radius 1 is 1.32 bits per heavy atom. The molecule has 118 valence electrons. The van der Waals surface area contributed by atoms with Crippen LogP contribution in [-0.4, -0.2) is 36.3 Å². The van der Waals surface area contributed by atoms with Gasteiger partial charge in [0.15, 0.2) is 0 Å². The first kappa shape index (κ1) is 15.1. The summed E-state index contributed by atoms with van der Waals surface area (Å²) in [4.78, 5) is 12.4. The van der Waals surface area contributed by atoms with Crippen molar-refractivity contribution in [2.24, 2.45) is 0 Å². The van der Waals surface area contributed by atoms with Crippen LogP contribution >= 0.6 is 0 Å². The van der Waals surface area contributed by atoms with E-state index in [1.165, 1.54) is 6.26 Å². The molecule has 1 saturated carbocycles. The van der Waals surface area contributed by atoms with E-state index < -0.39 is 9.84 Å². The van der Waals surface area contributed by atoms with Crippen LogP contribution in [0.4, 0.5) is 0 Å². The van der Waals surface area contributed by atoms with Gasteiger partial charge in [0.05, 0.1) is 10.8 Å². The molecular formula is C16H20N2O3S. The molecule has 2 aromatic heterocycles. The first-order valence-corrected chi connectivity index (χ1v) is 9.45. The molecule has 0 aromatic carbocycles. The number of carbonyl (C=O) groups excluding carboxylic acids is 1. The van der Waals surface area contributed by atoms with Gasteiger partial charge in [-0.25, -0.2) is 8.42 Å². The van der Waals surface area contributed by atoms with Crippen LogP contribution in [0.5, 0.6) is 0 Å². The number of nitrogens with one attached hydrogen (secondary N) is 1. The van der Waals surface area contributed by atoms with Gasteiger partial charge in [-0.05, 0) is 37.5 Å². The second-order valence-electron chi connectivity index (χ2n) is 6.05. The molecule has 0 spiro atoms. The molecule has 1 N–H and O–H groups in total. The molecule has 5 nitrogen and oxygen atoms in total. The molecule has 1 fully saturated rings. The van der Waals surface area contributed by atoms with E-state index in [-0.39, 0.29) is 17.2 Å². The van der Waals surface area contributed by atoms with Gasteiger partial charge < -0.3 is 9.72 Å². The monoisotopic (exact) mass is 320 g/mol. The molecule has 0 aliphatic heterocycles. The lowest BCUT2D eigenvalue weighted by Crippen LogP contribution is -2.41. The maximum atomic E-state index is 12.4. The number of carbonyl (C=O) groups is 1. The molecule has 1 aliphatic rings. The quantitative estimate of drug-likeness (QED) is 0.941. The van der Waals surface area contributed by atoms with Crippen molar-refractivity contribution in [3.8, 4) is 0 Å². The number of sulfone groups is 1. The molecule has 0 bridgehead atoms. The minimum absolute atomic E-state index is 0.0658. The summed E-state index contributed by atoms with van der Waals surface area (Å²) in [6, 6.07) is 7.55. The Balaban J connectivity index is 1.71. The standard InChI is InChI=1S/C16H20N2O3S/c1-22(20,21)15-7-4-5-13(10-15)17-16(19)12-9-14-6-2-3-8-18(14)11-12/h2-3,6,8-9,11,13,15H,4-5,7,10H2,1H3,(H,17,19)/t13-,15-/m1/s1. The molecule has 22 heavy (non-hydrogen) atoms. The summed E-state index contributed by atoms with van der Waals surface area (Å²) in [5, 5.41) is 2.65. The Labute approximate surface area is 130 Å². The Morgan fingerprint density at radius 2 is 2.14 bits per heavy atom. The van der Waals surface area contributed by atoms with E-state index in [2.05, 4.69) is 5.32 Å². The molecule has 0 saturated heterocycles. The van der Waals surface area contributed by atoms with Crippen molar-refractivity contribution in [1.82, 2.24) is 9.72 Å². The van der Waals surface area contributed by atoms with Gasteiger partial charge >= 0.3 is 0 Å². The summed E-state index contributed by atoms with van der Waals surface area (Å²) in [6.45, 7) is 0. The molecule has 2 atom stereocenters. The van der Waals surface area contributed by atoms with Crippen LogP contribution in [0.15, 0.2) is 36.7 Å². The Morgan fingerprint density at radius 3 is 2.86 bits per heavy atom. The van der Waals surface area contributed by atoms with Gasteiger partial charge in [0, 0.05) is 30.2 Å². The van der Waals surface area contributed by atoms with Gasteiger partial charge in [-0.2, -0.15) is 0 Å². The molecule has 0 unspecified atom stereocenters. The average molecular weight is 320 g/mol. The first-order chi connectivity index (χ1) is 10.4. The van der Waals surface area contributed by atoms with Gasteiger partial charge in [0.25, 0.3) is 5.91 Å². The van der Waals surface area contributed by atoms with Crippen molar-refractivity contribution < 1.29 is 13.2 Å². The zero-order chi connectivity index (χ0) is 15.7. The summed E-state index contributed by atoms with van der Waals surface area (Å²) >= 11 is 0. The average Bonchev–Trinajstić information content (AvgIpc) is 2.90. The van der Waals surface area contributed by atoms with Gasteiger partial charge in [-0.3, -0.25) is 4.79 Å². The highest BCUT2D eigenvalue weighted by molar-refractivity contribution is 7.91. The molecule has 2 heterocycles. The summed E-state index contributed by atoms with van der Waals surface area (Å²) in [5.41, 5.74) is 1.57. The van der Waals surface area contributed by atoms with Crippen molar-refractivity contribution >= 4 is 21.3 Å². The molecule has 6 heteroatoms. The van der Waals surface area contributed by atoms with E-state index in [1.807, 2.05) is 34.9 Å². The van der Waals surface area contributed by atoms with Crippen LogP contribution in [0.25, 0.3) is 5.52 Å². The second kappa shape index (κ2) is 5.76. The van der Waals surface area contributed by atoms with Crippen molar-refractivity contribution in [3.63, 3.8) is 0 Å². The summed E-state index contributed by atoms with van der Waals surface area (Å²) < 4.78 is 25.3. The lowest BCUT2D eigenvalue weighted by Gasteiger charge is -2.28. The Bertz CT molecular complexity index is 762. The zero-order valence-corrected chi connectivity index (χ0v) is 13.3. The number of hydrogen-bond acceptors (Lipinski definition) is 3. The number of pyridine rings is 1. The van der Waals surface area contributed by atoms with Gasteiger partial charge in [0.1, 0.15) is 9.84 Å². The smallest absolute Gasteiger partial charge is 0.253 e. The number of hydrogen-bond donors (Lipinski definition) is 1. The minimum atomic E-state index is -3.04. The predicted molar refractivity (Wildman–Crippen MR) is 85.8 cm³/mol. The highest BCUT2D eigenvalue weighted by Gasteiger charge is 2.29. The zero-order valence-electron chi connectivity index (χ0n) is 12.5. The van der Waals surface area contributed by atoms with E-state index in [9.17, 15) is 13.2 Å². The van der Waals surface area contributed by atoms with Crippen LogP contribution < -0.4 is 5.32 Å². The highest BCUT2D eigenvalue weighted by atomic mass is 32.2. The van der Waals surface area contributed by atoms with Crippen LogP contribution in [0.1, 0.15) is 36.0 Å². The largest absolute Gasteiger partial charge is 0.349 e. The third kappa shape index (κ3) is 3.16. The van der Waals surface area contributed by atoms with E-state index in [1.54, 1.807) is 6.20 Å². The van der Waals surface area contributed by atoms with Crippen LogP contribution in [0, 0.1) is 0 Å². The maximum Gasteiger partial charge on any atom is 0.253 e. The molecule has 3 rings (SSSR count). The van der Waals surface area contributed by atoms with Crippen LogP contribution in [0.2, 0.25) is 0 Å². The van der Waals surface area contributed by atoms with Crippen molar-refractivity contribution in [2.75, 3.05) is 6.26 Å². The van der Waals surface area contributed by atoms with Crippen molar-refractivity contribution in [1.29, 1.82) is 0 Å². The van der Waals surface area contributed by atoms with E-state index >= 15 is 0 Å². The second-order valence-corrected chi connectivity index (χ2v) is 8.38. The van der Waals surface area contributed by atoms with E-state index in [4.69, 9.17) is 0 Å². The number of aromatic nitrogens is 1. The number of rotatable bonds is 3. The molecule has 1 amide bonds. The molecule has 1 aliphatic carbocycles. The molecular weight excluding hydrogens is 300 g/mol. The third-order valence-corrected chi connectivity index (χ3v) is 5.97. The number of amides is 1. The lowest BCUT2D eigenvalue weighted by atomic mass is 9.95. The first-order valence-electron chi connectivity index (χ1n) is 7.50. The van der Waals surface area contributed by atoms with Gasteiger partial charge in [0.2, 0.25) is 0 Å². The minimum Gasteiger partial charge on any atom is -0.349 e. The number of fused-ring (bicyclic) bond motifs is 1. The Hall–Kier alpha value is -1.82. The predicted octanol–water partition coefficient (Wildman–Crippen LogP) is 2.02. The lowest BCUT2D eigenvalue weighted by molar-refractivity contribution is 0.0928. The fraction of sp³-hybridized carbons (Fsp3) is 0.438. The third-order valence-electron chi connectivity index (χ3n) is 4.33. The van der Waals surface area contributed by atoms with Gasteiger partial charge in [-0.15, -0.1) is 0 Å². The van der Waals surface area contributed by atoms with E-state index in [0.717, 1.165) is 18.4 Å².